The van der Waals surface area contributed by atoms with E-state index in [1.54, 1.807) is 11.8 Å². The highest BCUT2D eigenvalue weighted by atomic mass is 32.2. The summed E-state index contributed by atoms with van der Waals surface area (Å²) in [5.41, 5.74) is 0. The molecule has 2 rings (SSSR count). The summed E-state index contributed by atoms with van der Waals surface area (Å²) in [6.45, 7) is 2.53. The van der Waals surface area contributed by atoms with Crippen molar-refractivity contribution in [2.75, 3.05) is 6.26 Å². The molecule has 0 aliphatic rings. The van der Waals surface area contributed by atoms with Crippen molar-refractivity contribution in [2.45, 2.75) is 25.0 Å². The Kier molecular flexibility index (Phi) is 4.62. The van der Waals surface area contributed by atoms with Crippen LogP contribution in [0.5, 0.6) is 5.75 Å². The summed E-state index contributed by atoms with van der Waals surface area (Å²) in [4.78, 5) is 15.6. The number of ether oxygens (including phenoxy) is 1. The van der Waals surface area contributed by atoms with Gasteiger partial charge in [0.1, 0.15) is 11.9 Å². The predicted molar refractivity (Wildman–Crippen MR) is 77.1 cm³/mol. The summed E-state index contributed by atoms with van der Waals surface area (Å²) >= 11 is 1.66. The van der Waals surface area contributed by atoms with Gasteiger partial charge in [-0.1, -0.05) is 0 Å². The van der Waals surface area contributed by atoms with Crippen molar-refractivity contribution in [2.24, 2.45) is 0 Å². The molecule has 2 aromatic rings. The van der Waals surface area contributed by atoms with Crippen molar-refractivity contribution in [1.82, 2.24) is 9.55 Å². The standard InChI is InChI=1S/C13H15N3O3S/c1-3-15-12(14-8-13(15)16(17)18)9-19-10-4-6-11(20-2)7-5-10/h4-8H,3,9H2,1-2H3. The van der Waals surface area contributed by atoms with E-state index in [0.29, 0.717) is 12.4 Å². The predicted octanol–water partition coefficient (Wildman–Crippen LogP) is 3.11. The van der Waals surface area contributed by atoms with E-state index < -0.39 is 4.92 Å². The number of hydrogen-bond donors (Lipinski definition) is 0. The first-order valence-electron chi connectivity index (χ1n) is 6.11. The SMILES string of the molecule is CCn1c([N+](=O)[O-])cnc1COc1ccc(SC)cc1. The minimum Gasteiger partial charge on any atom is -0.483 e. The molecule has 0 unspecified atom stereocenters. The fourth-order valence-corrected chi connectivity index (χ4v) is 2.24. The lowest BCUT2D eigenvalue weighted by Crippen LogP contribution is -2.08. The van der Waals surface area contributed by atoms with E-state index in [1.165, 1.54) is 10.8 Å². The minimum atomic E-state index is -0.437. The third-order valence-electron chi connectivity index (χ3n) is 2.85. The van der Waals surface area contributed by atoms with Crippen LogP contribution in [0.15, 0.2) is 35.4 Å². The summed E-state index contributed by atoms with van der Waals surface area (Å²) < 4.78 is 7.15. The zero-order valence-electron chi connectivity index (χ0n) is 11.3. The van der Waals surface area contributed by atoms with Crippen molar-refractivity contribution in [3.8, 4) is 5.75 Å². The number of imidazole rings is 1. The Morgan fingerprint density at radius 2 is 2.10 bits per heavy atom. The molecule has 0 aliphatic carbocycles. The summed E-state index contributed by atoms with van der Waals surface area (Å²) in [7, 11) is 0. The van der Waals surface area contributed by atoms with Gasteiger partial charge in [-0.3, -0.25) is 0 Å². The molecular formula is C13H15N3O3S. The highest BCUT2D eigenvalue weighted by Gasteiger charge is 2.18. The van der Waals surface area contributed by atoms with Crippen LogP contribution in [0.3, 0.4) is 0 Å². The van der Waals surface area contributed by atoms with E-state index in [0.717, 1.165) is 10.6 Å². The quantitative estimate of drug-likeness (QED) is 0.465. The molecule has 1 aromatic heterocycles. The first-order valence-corrected chi connectivity index (χ1v) is 7.33. The molecule has 0 atom stereocenters. The molecule has 1 aromatic carbocycles. The Bertz CT molecular complexity index is 595. The Labute approximate surface area is 120 Å². The minimum absolute atomic E-state index is 0.0103. The highest BCUT2D eigenvalue weighted by molar-refractivity contribution is 7.98. The second kappa shape index (κ2) is 6.42. The fourth-order valence-electron chi connectivity index (χ4n) is 1.83. The first kappa shape index (κ1) is 14.4. The Morgan fingerprint density at radius 1 is 1.40 bits per heavy atom. The molecule has 0 spiro atoms. The zero-order valence-corrected chi connectivity index (χ0v) is 12.1. The van der Waals surface area contributed by atoms with Gasteiger partial charge in [-0.05, 0) is 42.4 Å². The van der Waals surface area contributed by atoms with Crippen LogP contribution in [0.25, 0.3) is 0 Å². The Morgan fingerprint density at radius 3 is 2.65 bits per heavy atom. The number of benzene rings is 1. The molecule has 106 valence electrons. The van der Waals surface area contributed by atoms with Crippen LogP contribution in [0.2, 0.25) is 0 Å². The molecule has 20 heavy (non-hydrogen) atoms. The van der Waals surface area contributed by atoms with Gasteiger partial charge in [0, 0.05) is 4.90 Å². The van der Waals surface area contributed by atoms with Crippen molar-refractivity contribution < 1.29 is 9.66 Å². The van der Waals surface area contributed by atoms with E-state index in [2.05, 4.69) is 4.98 Å². The average Bonchev–Trinajstić information content (AvgIpc) is 2.88. The van der Waals surface area contributed by atoms with Crippen molar-refractivity contribution in [3.63, 3.8) is 0 Å². The molecule has 0 amide bonds. The van der Waals surface area contributed by atoms with Gasteiger partial charge < -0.3 is 14.9 Å². The molecule has 0 saturated carbocycles. The third kappa shape index (κ3) is 3.11. The monoisotopic (exact) mass is 293 g/mol. The maximum absolute atomic E-state index is 10.8. The van der Waals surface area contributed by atoms with Gasteiger partial charge >= 0.3 is 5.82 Å². The fraction of sp³-hybridized carbons (Fsp3) is 0.308. The number of nitrogens with zero attached hydrogens (tertiary/aromatic N) is 3. The van der Waals surface area contributed by atoms with Gasteiger partial charge in [0.2, 0.25) is 5.82 Å². The lowest BCUT2D eigenvalue weighted by Gasteiger charge is -2.06. The van der Waals surface area contributed by atoms with Crippen LogP contribution in [0.1, 0.15) is 12.7 Å². The molecule has 1 heterocycles. The number of rotatable bonds is 6. The van der Waals surface area contributed by atoms with Gasteiger partial charge in [0.15, 0.2) is 6.61 Å². The highest BCUT2D eigenvalue weighted by Crippen LogP contribution is 2.20. The van der Waals surface area contributed by atoms with Gasteiger partial charge in [0.05, 0.1) is 6.54 Å². The van der Waals surface area contributed by atoms with Gasteiger partial charge in [-0.15, -0.1) is 11.8 Å². The molecule has 0 saturated heterocycles. The lowest BCUT2D eigenvalue weighted by atomic mass is 10.3. The second-order valence-electron chi connectivity index (χ2n) is 4.00. The topological polar surface area (TPSA) is 70.2 Å². The van der Waals surface area contributed by atoms with Crippen LogP contribution in [-0.2, 0) is 13.2 Å². The summed E-state index contributed by atoms with van der Waals surface area (Å²) in [5.74, 6) is 1.26. The van der Waals surface area contributed by atoms with Gasteiger partial charge in [-0.2, -0.15) is 0 Å². The summed E-state index contributed by atoms with van der Waals surface area (Å²) in [6, 6.07) is 7.68. The Balaban J connectivity index is 2.08. The smallest absolute Gasteiger partial charge is 0.342 e. The molecular weight excluding hydrogens is 278 g/mol. The maximum atomic E-state index is 10.8. The Hall–Kier alpha value is -2.02. The van der Waals surface area contributed by atoms with Crippen molar-refractivity contribution in [1.29, 1.82) is 0 Å². The van der Waals surface area contributed by atoms with E-state index in [4.69, 9.17) is 4.74 Å². The van der Waals surface area contributed by atoms with Crippen LogP contribution in [0, 0.1) is 10.1 Å². The van der Waals surface area contributed by atoms with Crippen molar-refractivity contribution in [3.05, 3.63) is 46.4 Å². The maximum Gasteiger partial charge on any atom is 0.342 e. The van der Waals surface area contributed by atoms with Crippen molar-refractivity contribution >= 4 is 17.6 Å². The molecule has 6 nitrogen and oxygen atoms in total. The van der Waals surface area contributed by atoms with Gasteiger partial charge in [-0.25, -0.2) is 9.55 Å². The molecule has 7 heteroatoms. The largest absolute Gasteiger partial charge is 0.483 e. The molecule has 0 fully saturated rings. The molecule has 0 bridgehead atoms. The molecule has 0 radical (unpaired) electrons. The summed E-state index contributed by atoms with van der Waals surface area (Å²) in [5, 5.41) is 10.8. The van der Waals surface area contributed by atoms with Crippen LogP contribution < -0.4 is 4.74 Å². The van der Waals surface area contributed by atoms with E-state index >= 15 is 0 Å². The van der Waals surface area contributed by atoms with E-state index in [-0.39, 0.29) is 12.4 Å². The summed E-state index contributed by atoms with van der Waals surface area (Å²) in [6.07, 6.45) is 3.27. The van der Waals surface area contributed by atoms with E-state index in [9.17, 15) is 10.1 Å². The second-order valence-corrected chi connectivity index (χ2v) is 4.88. The number of nitro groups is 1. The first-order chi connectivity index (χ1) is 9.65. The number of aromatic nitrogens is 2. The van der Waals surface area contributed by atoms with Gasteiger partial charge in [0.25, 0.3) is 0 Å². The average molecular weight is 293 g/mol. The molecule has 0 aliphatic heterocycles. The zero-order chi connectivity index (χ0) is 14.5. The normalized spacial score (nSPS) is 10.5. The number of thioether (sulfide) groups is 1. The lowest BCUT2D eigenvalue weighted by molar-refractivity contribution is -0.392. The molecule has 0 N–H and O–H groups in total. The third-order valence-corrected chi connectivity index (χ3v) is 3.59. The van der Waals surface area contributed by atoms with Crippen LogP contribution in [-0.4, -0.2) is 20.7 Å². The van der Waals surface area contributed by atoms with Crippen LogP contribution in [0.4, 0.5) is 5.82 Å². The van der Waals surface area contributed by atoms with E-state index in [1.807, 2.05) is 37.4 Å². The number of hydrogen-bond acceptors (Lipinski definition) is 5. The van der Waals surface area contributed by atoms with Crippen LogP contribution >= 0.6 is 11.8 Å².